The molecular formula is C17H17F2NO3. The van der Waals surface area contributed by atoms with Crippen LogP contribution in [0.4, 0.5) is 14.5 Å². The number of anilines is 1. The summed E-state index contributed by atoms with van der Waals surface area (Å²) in [7, 11) is 0. The van der Waals surface area contributed by atoms with Crippen LogP contribution in [0.2, 0.25) is 0 Å². The first-order valence-corrected chi connectivity index (χ1v) is 7.09. The lowest BCUT2D eigenvalue weighted by Crippen LogP contribution is -2.13. The maximum atomic E-state index is 12.3. The summed E-state index contributed by atoms with van der Waals surface area (Å²) >= 11 is 0. The summed E-state index contributed by atoms with van der Waals surface area (Å²) in [6.07, 6.45) is 0. The Labute approximate surface area is 133 Å². The monoisotopic (exact) mass is 321 g/mol. The molecular weight excluding hydrogens is 304 g/mol. The predicted octanol–water partition coefficient (Wildman–Crippen LogP) is 4.25. The smallest absolute Gasteiger partial charge is 0.387 e. The summed E-state index contributed by atoms with van der Waals surface area (Å²) in [5.41, 5.74) is 1.73. The Bertz CT molecular complexity index is 689. The van der Waals surface area contributed by atoms with Crippen molar-refractivity contribution < 1.29 is 23.0 Å². The topological polar surface area (TPSA) is 47.6 Å². The lowest BCUT2D eigenvalue weighted by molar-refractivity contribution is -0.0498. The lowest BCUT2D eigenvalue weighted by Gasteiger charge is -2.13. The first-order valence-electron chi connectivity index (χ1n) is 7.09. The van der Waals surface area contributed by atoms with Gasteiger partial charge in [0.05, 0.1) is 12.3 Å². The van der Waals surface area contributed by atoms with E-state index in [1.165, 1.54) is 24.3 Å². The highest BCUT2D eigenvalue weighted by atomic mass is 19.3. The van der Waals surface area contributed by atoms with Gasteiger partial charge in [-0.2, -0.15) is 8.78 Å². The average Bonchev–Trinajstić information content (AvgIpc) is 2.50. The molecule has 1 amide bonds. The summed E-state index contributed by atoms with van der Waals surface area (Å²) in [6.45, 7) is 1.29. The van der Waals surface area contributed by atoms with Crippen molar-refractivity contribution in [3.8, 4) is 11.5 Å². The van der Waals surface area contributed by atoms with Crippen LogP contribution in [0.1, 0.15) is 22.8 Å². The quantitative estimate of drug-likeness (QED) is 0.865. The van der Waals surface area contributed by atoms with Gasteiger partial charge in [-0.1, -0.05) is 12.1 Å². The van der Waals surface area contributed by atoms with Gasteiger partial charge >= 0.3 is 6.61 Å². The van der Waals surface area contributed by atoms with Gasteiger partial charge in [-0.05, 0) is 49.7 Å². The highest BCUT2D eigenvalue weighted by molar-refractivity contribution is 6.05. The Hall–Kier alpha value is -2.63. The van der Waals surface area contributed by atoms with Crippen LogP contribution < -0.4 is 14.8 Å². The number of carbonyl (C=O) groups is 1. The third kappa shape index (κ3) is 4.67. The van der Waals surface area contributed by atoms with Crippen molar-refractivity contribution in [2.75, 3.05) is 11.9 Å². The number of amides is 1. The molecule has 0 spiro atoms. The minimum atomic E-state index is -2.94. The molecule has 2 rings (SSSR count). The molecule has 0 aliphatic rings. The fourth-order valence-electron chi connectivity index (χ4n) is 2.02. The van der Waals surface area contributed by atoms with Gasteiger partial charge in [0.25, 0.3) is 5.91 Å². The van der Waals surface area contributed by atoms with Crippen LogP contribution in [0, 0.1) is 6.92 Å². The fourth-order valence-corrected chi connectivity index (χ4v) is 2.02. The Balaban J connectivity index is 2.19. The van der Waals surface area contributed by atoms with E-state index in [4.69, 9.17) is 4.74 Å². The molecule has 0 bridgehead atoms. The van der Waals surface area contributed by atoms with Crippen LogP contribution in [0.15, 0.2) is 42.5 Å². The second-order valence-electron chi connectivity index (χ2n) is 4.79. The first-order chi connectivity index (χ1) is 11.0. The van der Waals surface area contributed by atoms with Crippen molar-refractivity contribution in [3.05, 3.63) is 53.6 Å². The molecule has 0 heterocycles. The summed E-state index contributed by atoms with van der Waals surface area (Å²) in [6, 6.07) is 11.0. The number of nitrogens with one attached hydrogen (secondary N) is 1. The number of carbonyl (C=O) groups excluding carboxylic acids is 1. The molecule has 6 heteroatoms. The van der Waals surface area contributed by atoms with Crippen LogP contribution in [0.3, 0.4) is 0 Å². The van der Waals surface area contributed by atoms with Crippen LogP contribution >= 0.6 is 0 Å². The molecule has 0 aliphatic carbocycles. The summed E-state index contributed by atoms with van der Waals surface area (Å²) < 4.78 is 34.3. The number of aryl methyl sites for hydroxylation is 1. The van der Waals surface area contributed by atoms with E-state index in [0.29, 0.717) is 18.0 Å². The number of ether oxygens (including phenoxy) is 2. The third-order valence-corrected chi connectivity index (χ3v) is 3.01. The summed E-state index contributed by atoms with van der Waals surface area (Å²) in [4.78, 5) is 12.3. The molecule has 0 atom stereocenters. The van der Waals surface area contributed by atoms with E-state index in [9.17, 15) is 13.6 Å². The number of alkyl halides is 2. The Morgan fingerprint density at radius 2 is 2.00 bits per heavy atom. The highest BCUT2D eigenvalue weighted by Crippen LogP contribution is 2.26. The third-order valence-electron chi connectivity index (χ3n) is 3.01. The van der Waals surface area contributed by atoms with Gasteiger partial charge in [-0.3, -0.25) is 4.79 Å². The maximum absolute atomic E-state index is 12.3. The second-order valence-corrected chi connectivity index (χ2v) is 4.79. The fraction of sp³-hybridized carbons (Fsp3) is 0.235. The van der Waals surface area contributed by atoms with E-state index in [-0.39, 0.29) is 11.3 Å². The van der Waals surface area contributed by atoms with Crippen molar-refractivity contribution in [1.82, 2.24) is 0 Å². The molecule has 2 aromatic rings. The Kier molecular flexibility index (Phi) is 5.51. The van der Waals surface area contributed by atoms with E-state index in [1.54, 1.807) is 6.07 Å². The molecule has 0 saturated heterocycles. The highest BCUT2D eigenvalue weighted by Gasteiger charge is 2.12. The molecule has 122 valence electrons. The van der Waals surface area contributed by atoms with Crippen LogP contribution in [0.25, 0.3) is 0 Å². The van der Waals surface area contributed by atoms with Gasteiger partial charge in [-0.25, -0.2) is 0 Å². The molecule has 2 aromatic carbocycles. The molecule has 0 aliphatic heterocycles. The second kappa shape index (κ2) is 7.58. The van der Waals surface area contributed by atoms with Crippen molar-refractivity contribution >= 4 is 11.6 Å². The molecule has 0 saturated carbocycles. The van der Waals surface area contributed by atoms with Crippen molar-refractivity contribution in [1.29, 1.82) is 0 Å². The zero-order valence-corrected chi connectivity index (χ0v) is 12.8. The van der Waals surface area contributed by atoms with Crippen LogP contribution in [-0.2, 0) is 0 Å². The molecule has 0 fully saturated rings. The van der Waals surface area contributed by atoms with E-state index in [0.717, 1.165) is 5.56 Å². The van der Waals surface area contributed by atoms with E-state index >= 15 is 0 Å². The molecule has 23 heavy (non-hydrogen) atoms. The predicted molar refractivity (Wildman–Crippen MR) is 83.4 cm³/mol. The normalized spacial score (nSPS) is 10.5. The minimum Gasteiger partial charge on any atom is -0.492 e. The van der Waals surface area contributed by atoms with E-state index in [2.05, 4.69) is 10.1 Å². The standard InChI is InChI=1S/C17H17F2NO3/c1-3-22-15-9-11(2)7-8-14(15)20-16(21)12-5-4-6-13(10-12)23-17(18)19/h4-10,17H,3H2,1-2H3,(H,20,21). The van der Waals surface area contributed by atoms with Gasteiger partial charge < -0.3 is 14.8 Å². The molecule has 0 aromatic heterocycles. The van der Waals surface area contributed by atoms with E-state index < -0.39 is 12.5 Å². The zero-order valence-electron chi connectivity index (χ0n) is 12.8. The molecule has 0 unspecified atom stereocenters. The average molecular weight is 321 g/mol. The largest absolute Gasteiger partial charge is 0.492 e. The van der Waals surface area contributed by atoms with Gasteiger partial charge in [-0.15, -0.1) is 0 Å². The van der Waals surface area contributed by atoms with Crippen LogP contribution in [0.5, 0.6) is 11.5 Å². The number of hydrogen-bond acceptors (Lipinski definition) is 3. The van der Waals surface area contributed by atoms with E-state index in [1.807, 2.05) is 26.0 Å². The van der Waals surface area contributed by atoms with Gasteiger partial charge in [0, 0.05) is 5.56 Å². The molecule has 1 N–H and O–H groups in total. The molecule has 4 nitrogen and oxygen atoms in total. The molecule has 0 radical (unpaired) electrons. The first kappa shape index (κ1) is 16.7. The summed E-state index contributed by atoms with van der Waals surface area (Å²) in [5, 5.41) is 2.71. The zero-order chi connectivity index (χ0) is 16.8. The Morgan fingerprint density at radius 1 is 1.22 bits per heavy atom. The van der Waals surface area contributed by atoms with Gasteiger partial charge in [0.2, 0.25) is 0 Å². The van der Waals surface area contributed by atoms with Gasteiger partial charge in [0.15, 0.2) is 0 Å². The Morgan fingerprint density at radius 3 is 2.70 bits per heavy atom. The van der Waals surface area contributed by atoms with Crippen molar-refractivity contribution in [2.24, 2.45) is 0 Å². The van der Waals surface area contributed by atoms with Crippen LogP contribution in [-0.4, -0.2) is 19.1 Å². The number of rotatable bonds is 6. The van der Waals surface area contributed by atoms with Crippen molar-refractivity contribution in [2.45, 2.75) is 20.5 Å². The maximum Gasteiger partial charge on any atom is 0.387 e. The number of halogens is 2. The van der Waals surface area contributed by atoms with Crippen molar-refractivity contribution in [3.63, 3.8) is 0 Å². The lowest BCUT2D eigenvalue weighted by atomic mass is 10.1. The summed E-state index contributed by atoms with van der Waals surface area (Å²) in [5.74, 6) is 0.0527. The van der Waals surface area contributed by atoms with Gasteiger partial charge in [0.1, 0.15) is 11.5 Å². The number of hydrogen-bond donors (Lipinski definition) is 1. The number of benzene rings is 2. The SMILES string of the molecule is CCOc1cc(C)ccc1NC(=O)c1cccc(OC(F)F)c1. The minimum absolute atomic E-state index is 0.0680.